The maximum atomic E-state index is 12.4. The van der Waals surface area contributed by atoms with Gasteiger partial charge in [0.15, 0.2) is 0 Å². The lowest BCUT2D eigenvalue weighted by atomic mass is 10.0. The summed E-state index contributed by atoms with van der Waals surface area (Å²) in [4.78, 5) is 30.0. The highest BCUT2D eigenvalue weighted by Gasteiger charge is 2.16. The van der Waals surface area contributed by atoms with E-state index in [1.807, 2.05) is 18.2 Å². The molecule has 0 aliphatic carbocycles. The van der Waals surface area contributed by atoms with Crippen LogP contribution in [0.3, 0.4) is 0 Å². The topological polar surface area (TPSA) is 62.3 Å². The number of carbonyl (C=O) groups is 2. The molecule has 1 aromatic carbocycles. The van der Waals surface area contributed by atoms with Gasteiger partial charge in [-0.25, -0.2) is 0 Å². The number of benzene rings is 1. The molecular weight excluding hydrogens is 302 g/mol. The smallest absolute Gasteiger partial charge is 0.270 e. The first kappa shape index (κ1) is 17.9. The lowest BCUT2D eigenvalue weighted by Gasteiger charge is -2.25. The summed E-state index contributed by atoms with van der Waals surface area (Å²) in [7, 11) is 0. The number of ketones is 1. The summed E-state index contributed by atoms with van der Waals surface area (Å²) in [5.74, 6) is -0.183. The van der Waals surface area contributed by atoms with Crippen molar-refractivity contribution in [3.63, 3.8) is 0 Å². The highest BCUT2D eigenvalue weighted by Crippen LogP contribution is 2.31. The molecular formula is C19H25N3O2. The van der Waals surface area contributed by atoms with Crippen molar-refractivity contribution in [2.45, 2.75) is 34.1 Å². The summed E-state index contributed by atoms with van der Waals surface area (Å²) >= 11 is 0. The number of fused-ring (bicyclic) bond motifs is 1. The predicted octanol–water partition coefficient (Wildman–Crippen LogP) is 3.10. The quantitative estimate of drug-likeness (QED) is 0.849. The molecule has 0 bridgehead atoms. The van der Waals surface area contributed by atoms with Crippen LogP contribution < -0.4 is 10.2 Å². The Labute approximate surface area is 143 Å². The van der Waals surface area contributed by atoms with Crippen molar-refractivity contribution in [2.24, 2.45) is 0 Å². The number of pyridine rings is 1. The molecule has 0 aliphatic rings. The molecule has 1 aromatic heterocycles. The number of aryl methyl sites for hydroxylation is 1. The Hall–Kier alpha value is -2.43. The third-order valence-corrected chi connectivity index (χ3v) is 4.18. The van der Waals surface area contributed by atoms with Gasteiger partial charge in [0.05, 0.1) is 0 Å². The van der Waals surface area contributed by atoms with E-state index in [1.54, 1.807) is 6.20 Å². The summed E-state index contributed by atoms with van der Waals surface area (Å²) in [6.07, 6.45) is 2.01. The van der Waals surface area contributed by atoms with E-state index < -0.39 is 0 Å². The number of amides is 1. The summed E-state index contributed by atoms with van der Waals surface area (Å²) in [6.45, 7) is 9.98. The van der Waals surface area contributed by atoms with Gasteiger partial charge in [-0.05, 0) is 39.3 Å². The molecule has 2 aromatic rings. The van der Waals surface area contributed by atoms with Crippen LogP contribution in [-0.2, 0) is 4.79 Å². The molecule has 24 heavy (non-hydrogen) atoms. The first-order valence-electron chi connectivity index (χ1n) is 8.40. The number of anilines is 1. The Morgan fingerprint density at radius 1 is 1.12 bits per heavy atom. The van der Waals surface area contributed by atoms with E-state index >= 15 is 0 Å². The highest BCUT2D eigenvalue weighted by molar-refractivity contribution is 6.09. The van der Waals surface area contributed by atoms with E-state index in [0.717, 1.165) is 29.5 Å². The van der Waals surface area contributed by atoms with Gasteiger partial charge < -0.3 is 10.2 Å². The molecule has 1 N–H and O–H groups in total. The molecule has 2 rings (SSSR count). The van der Waals surface area contributed by atoms with Crippen LogP contribution in [0.25, 0.3) is 10.8 Å². The zero-order valence-electron chi connectivity index (χ0n) is 14.8. The van der Waals surface area contributed by atoms with E-state index in [1.165, 1.54) is 12.5 Å². The van der Waals surface area contributed by atoms with E-state index in [4.69, 9.17) is 0 Å². The number of carbonyl (C=O) groups excluding carboxylic acids is 2. The number of aromatic nitrogens is 1. The predicted molar refractivity (Wildman–Crippen MR) is 97.7 cm³/mol. The molecule has 0 fully saturated rings. The Balaban J connectivity index is 2.45. The van der Waals surface area contributed by atoms with Crippen molar-refractivity contribution in [3.8, 4) is 0 Å². The van der Waals surface area contributed by atoms with Gasteiger partial charge in [-0.1, -0.05) is 12.1 Å². The fourth-order valence-electron chi connectivity index (χ4n) is 2.92. The molecule has 5 heteroatoms. The number of Topliss-reactive ketones (excluding diaryl/α,β-unsaturated/α-hetero) is 1. The van der Waals surface area contributed by atoms with Crippen molar-refractivity contribution < 1.29 is 9.59 Å². The average Bonchev–Trinajstić information content (AvgIpc) is 2.56. The van der Waals surface area contributed by atoms with Crippen LogP contribution in [0, 0.1) is 6.92 Å². The normalized spacial score (nSPS) is 10.7. The first-order valence-corrected chi connectivity index (χ1v) is 8.40. The maximum Gasteiger partial charge on any atom is 0.270 e. The van der Waals surface area contributed by atoms with Crippen molar-refractivity contribution in [1.82, 2.24) is 10.3 Å². The number of rotatable bonds is 7. The van der Waals surface area contributed by atoms with Crippen molar-refractivity contribution in [1.29, 1.82) is 0 Å². The average molecular weight is 327 g/mol. The van der Waals surface area contributed by atoms with Crippen molar-refractivity contribution >= 4 is 28.2 Å². The molecule has 0 atom stereocenters. The zero-order valence-corrected chi connectivity index (χ0v) is 14.8. The number of nitrogens with zero attached hydrogens (tertiary/aromatic N) is 2. The fourth-order valence-corrected chi connectivity index (χ4v) is 2.92. The Kier molecular flexibility index (Phi) is 5.90. The van der Waals surface area contributed by atoms with E-state index in [-0.39, 0.29) is 11.7 Å². The van der Waals surface area contributed by atoms with Crippen LogP contribution in [0.4, 0.5) is 5.69 Å². The molecule has 0 aliphatic heterocycles. The summed E-state index contributed by atoms with van der Waals surface area (Å²) in [5, 5.41) is 4.65. The van der Waals surface area contributed by atoms with Gasteiger partial charge in [0, 0.05) is 48.7 Å². The zero-order chi connectivity index (χ0) is 17.7. The molecule has 0 radical (unpaired) electrons. The van der Waals surface area contributed by atoms with Crippen LogP contribution >= 0.6 is 0 Å². The van der Waals surface area contributed by atoms with Crippen LogP contribution in [0.5, 0.6) is 0 Å². The number of hydrogen-bond acceptors (Lipinski definition) is 4. The van der Waals surface area contributed by atoms with Crippen molar-refractivity contribution in [2.75, 3.05) is 24.5 Å². The lowest BCUT2D eigenvalue weighted by molar-refractivity contribution is -0.116. The van der Waals surface area contributed by atoms with Crippen LogP contribution in [0.2, 0.25) is 0 Å². The van der Waals surface area contributed by atoms with Gasteiger partial charge in [-0.2, -0.15) is 0 Å². The lowest BCUT2D eigenvalue weighted by Crippen LogP contribution is -2.27. The molecule has 1 amide bonds. The highest BCUT2D eigenvalue weighted by atomic mass is 16.2. The second kappa shape index (κ2) is 7.90. The Morgan fingerprint density at radius 2 is 1.83 bits per heavy atom. The van der Waals surface area contributed by atoms with Crippen LogP contribution in [0.1, 0.15) is 43.2 Å². The number of nitrogens with one attached hydrogen (secondary N) is 1. The van der Waals surface area contributed by atoms with Crippen LogP contribution in [-0.4, -0.2) is 36.3 Å². The summed E-state index contributed by atoms with van der Waals surface area (Å²) in [6, 6.07) is 5.94. The molecule has 128 valence electrons. The maximum absolute atomic E-state index is 12.4. The molecule has 0 saturated heterocycles. The second-order valence-corrected chi connectivity index (χ2v) is 5.87. The largest absolute Gasteiger partial charge is 0.371 e. The monoisotopic (exact) mass is 327 g/mol. The molecule has 0 saturated carbocycles. The fraction of sp³-hybridized carbons (Fsp3) is 0.421. The van der Waals surface area contributed by atoms with E-state index in [0.29, 0.717) is 18.7 Å². The summed E-state index contributed by atoms with van der Waals surface area (Å²) < 4.78 is 0. The SMILES string of the molecule is CCN(CC)c1c(C)ccc2c(C(=O)NCCC(C)=O)nccc12. The van der Waals surface area contributed by atoms with Crippen LogP contribution in [0.15, 0.2) is 24.4 Å². The minimum absolute atomic E-state index is 0.0561. The minimum Gasteiger partial charge on any atom is -0.371 e. The third kappa shape index (κ3) is 3.72. The van der Waals surface area contributed by atoms with Gasteiger partial charge in [0.25, 0.3) is 5.91 Å². The number of hydrogen-bond donors (Lipinski definition) is 1. The van der Waals surface area contributed by atoms with E-state index in [9.17, 15) is 9.59 Å². The first-order chi connectivity index (χ1) is 11.5. The molecule has 5 nitrogen and oxygen atoms in total. The van der Waals surface area contributed by atoms with Gasteiger partial charge in [-0.15, -0.1) is 0 Å². The second-order valence-electron chi connectivity index (χ2n) is 5.87. The molecule has 1 heterocycles. The molecule has 0 unspecified atom stereocenters. The minimum atomic E-state index is -0.240. The van der Waals surface area contributed by atoms with Gasteiger partial charge in [-0.3, -0.25) is 14.6 Å². The standard InChI is InChI=1S/C19H25N3O2/c1-5-22(6-2)18-13(3)7-8-15-16(18)10-12-20-17(15)19(24)21-11-9-14(4)23/h7-8,10,12H,5-6,9,11H2,1-4H3,(H,21,24). The Bertz CT molecular complexity index is 752. The molecule has 0 spiro atoms. The van der Waals surface area contributed by atoms with Gasteiger partial charge >= 0.3 is 0 Å². The summed E-state index contributed by atoms with van der Waals surface area (Å²) in [5.41, 5.74) is 2.74. The third-order valence-electron chi connectivity index (χ3n) is 4.18. The Morgan fingerprint density at radius 3 is 2.46 bits per heavy atom. The van der Waals surface area contributed by atoms with Crippen molar-refractivity contribution in [3.05, 3.63) is 35.7 Å². The van der Waals surface area contributed by atoms with Gasteiger partial charge in [0.2, 0.25) is 0 Å². The van der Waals surface area contributed by atoms with E-state index in [2.05, 4.69) is 36.0 Å². The van der Waals surface area contributed by atoms with Gasteiger partial charge in [0.1, 0.15) is 11.5 Å².